The third-order valence-electron chi connectivity index (χ3n) is 4.74. The summed E-state index contributed by atoms with van der Waals surface area (Å²) in [5, 5.41) is 7.92. The minimum atomic E-state index is -0.393. The topological polar surface area (TPSA) is 56.2 Å². The standard InChI is InChI=1S/C24H17Cl3FN3O2/c25-18-8-4-10-21(22(18)27)33-14-15-5-3-7-16(11-15)24(32)29-23-19(26)13-31(30-23)12-17-6-1-2-9-20(17)28/h1-11,13H,12,14H2,(H,29,30,32). The predicted molar refractivity (Wildman–Crippen MR) is 128 cm³/mol. The Balaban J connectivity index is 1.43. The Labute approximate surface area is 204 Å². The van der Waals surface area contributed by atoms with E-state index in [1.807, 2.05) is 6.07 Å². The van der Waals surface area contributed by atoms with Crippen molar-refractivity contribution in [3.05, 3.63) is 111 Å². The minimum Gasteiger partial charge on any atom is -0.487 e. The van der Waals surface area contributed by atoms with Crippen molar-refractivity contribution in [2.45, 2.75) is 13.2 Å². The molecule has 1 aromatic heterocycles. The third kappa shape index (κ3) is 5.66. The highest BCUT2D eigenvalue weighted by Gasteiger charge is 2.14. The number of aromatic nitrogens is 2. The molecule has 4 rings (SSSR count). The smallest absolute Gasteiger partial charge is 0.256 e. The number of nitrogens with one attached hydrogen (secondary N) is 1. The van der Waals surface area contributed by atoms with Crippen LogP contribution >= 0.6 is 34.8 Å². The van der Waals surface area contributed by atoms with Gasteiger partial charge in [-0.25, -0.2) is 4.39 Å². The second-order valence-electron chi connectivity index (χ2n) is 7.11. The normalized spacial score (nSPS) is 10.8. The molecular weight excluding hydrogens is 488 g/mol. The Morgan fingerprint density at radius 2 is 1.79 bits per heavy atom. The largest absolute Gasteiger partial charge is 0.487 e. The molecule has 33 heavy (non-hydrogen) atoms. The van der Waals surface area contributed by atoms with Crippen molar-refractivity contribution in [1.82, 2.24) is 9.78 Å². The molecule has 0 spiro atoms. The molecule has 0 aliphatic carbocycles. The second kappa shape index (κ2) is 10.3. The number of ether oxygens (including phenoxy) is 1. The SMILES string of the molecule is O=C(Nc1nn(Cc2ccccc2F)cc1Cl)c1cccc(COc2cccc(Cl)c2Cl)c1. The Morgan fingerprint density at radius 3 is 2.61 bits per heavy atom. The number of hydrogen-bond acceptors (Lipinski definition) is 3. The average molecular weight is 505 g/mol. The number of benzene rings is 3. The van der Waals surface area contributed by atoms with Crippen LogP contribution in [0.3, 0.4) is 0 Å². The zero-order valence-corrected chi connectivity index (χ0v) is 19.3. The van der Waals surface area contributed by atoms with Gasteiger partial charge in [-0.2, -0.15) is 5.10 Å². The van der Waals surface area contributed by atoms with Crippen LogP contribution in [0.25, 0.3) is 0 Å². The molecule has 9 heteroatoms. The molecule has 0 saturated carbocycles. The summed E-state index contributed by atoms with van der Waals surface area (Å²) in [6.07, 6.45) is 1.53. The summed E-state index contributed by atoms with van der Waals surface area (Å²) in [6, 6.07) is 18.4. The molecule has 4 aromatic rings. The molecular formula is C24H17Cl3FN3O2. The van der Waals surface area contributed by atoms with E-state index in [9.17, 15) is 9.18 Å². The van der Waals surface area contributed by atoms with Crippen molar-refractivity contribution in [2.24, 2.45) is 0 Å². The van der Waals surface area contributed by atoms with Gasteiger partial charge < -0.3 is 10.1 Å². The quantitative estimate of drug-likeness (QED) is 0.299. The van der Waals surface area contributed by atoms with Crippen LogP contribution in [-0.2, 0) is 13.2 Å². The monoisotopic (exact) mass is 503 g/mol. The zero-order valence-electron chi connectivity index (χ0n) is 17.1. The van der Waals surface area contributed by atoms with E-state index < -0.39 is 5.91 Å². The van der Waals surface area contributed by atoms with Crippen LogP contribution in [0.15, 0.2) is 72.9 Å². The van der Waals surface area contributed by atoms with Crippen molar-refractivity contribution in [3.8, 4) is 5.75 Å². The molecule has 0 aliphatic heterocycles. The summed E-state index contributed by atoms with van der Waals surface area (Å²) >= 11 is 18.4. The summed E-state index contributed by atoms with van der Waals surface area (Å²) in [5.41, 5.74) is 1.62. The molecule has 0 radical (unpaired) electrons. The number of carbonyl (C=O) groups is 1. The van der Waals surface area contributed by atoms with Gasteiger partial charge >= 0.3 is 0 Å². The van der Waals surface area contributed by atoms with Crippen molar-refractivity contribution < 1.29 is 13.9 Å². The maximum absolute atomic E-state index is 13.9. The first kappa shape index (κ1) is 23.1. The van der Waals surface area contributed by atoms with Crippen LogP contribution in [0.5, 0.6) is 5.75 Å². The maximum Gasteiger partial charge on any atom is 0.256 e. The highest BCUT2D eigenvalue weighted by molar-refractivity contribution is 6.42. The average Bonchev–Trinajstić information content (AvgIpc) is 3.15. The van der Waals surface area contributed by atoms with E-state index >= 15 is 0 Å². The highest BCUT2D eigenvalue weighted by Crippen LogP contribution is 2.32. The second-order valence-corrected chi connectivity index (χ2v) is 8.30. The molecule has 0 fully saturated rings. The fourth-order valence-electron chi connectivity index (χ4n) is 3.10. The van der Waals surface area contributed by atoms with E-state index in [1.54, 1.807) is 54.6 Å². The lowest BCUT2D eigenvalue weighted by Crippen LogP contribution is -2.13. The van der Waals surface area contributed by atoms with Crippen LogP contribution in [0.2, 0.25) is 15.1 Å². The summed E-state index contributed by atoms with van der Waals surface area (Å²) in [7, 11) is 0. The number of carbonyl (C=O) groups excluding carboxylic acids is 1. The van der Waals surface area contributed by atoms with E-state index in [-0.39, 0.29) is 29.8 Å². The molecule has 3 aromatic carbocycles. The minimum absolute atomic E-state index is 0.182. The van der Waals surface area contributed by atoms with Crippen LogP contribution in [-0.4, -0.2) is 15.7 Å². The molecule has 168 valence electrons. The van der Waals surface area contributed by atoms with Gasteiger partial charge in [0.15, 0.2) is 5.82 Å². The van der Waals surface area contributed by atoms with E-state index in [0.717, 1.165) is 5.56 Å². The number of nitrogens with zero attached hydrogens (tertiary/aromatic N) is 2. The lowest BCUT2D eigenvalue weighted by molar-refractivity contribution is 0.102. The first-order valence-corrected chi connectivity index (χ1v) is 11.0. The van der Waals surface area contributed by atoms with Gasteiger partial charge in [-0.3, -0.25) is 9.48 Å². The number of hydrogen-bond donors (Lipinski definition) is 1. The van der Waals surface area contributed by atoms with Gasteiger partial charge in [-0.05, 0) is 35.9 Å². The Morgan fingerprint density at radius 1 is 1.00 bits per heavy atom. The van der Waals surface area contributed by atoms with Crippen LogP contribution < -0.4 is 10.1 Å². The van der Waals surface area contributed by atoms with Gasteiger partial charge in [-0.1, -0.05) is 71.2 Å². The molecule has 0 saturated heterocycles. The van der Waals surface area contributed by atoms with Crippen LogP contribution in [0.1, 0.15) is 21.5 Å². The molecule has 0 atom stereocenters. The molecule has 0 unspecified atom stereocenters. The molecule has 0 bridgehead atoms. The zero-order chi connectivity index (χ0) is 23.4. The molecule has 1 N–H and O–H groups in total. The number of amides is 1. The molecule has 1 amide bonds. The summed E-state index contributed by atoms with van der Waals surface area (Å²) < 4.78 is 21.1. The Kier molecular flexibility index (Phi) is 7.18. The third-order valence-corrected chi connectivity index (χ3v) is 5.82. The van der Waals surface area contributed by atoms with Gasteiger partial charge in [0.05, 0.1) is 11.6 Å². The van der Waals surface area contributed by atoms with E-state index in [0.29, 0.717) is 26.9 Å². The predicted octanol–water partition coefficient (Wildman–Crippen LogP) is 6.86. The highest BCUT2D eigenvalue weighted by atomic mass is 35.5. The summed E-state index contributed by atoms with van der Waals surface area (Å²) in [4.78, 5) is 12.8. The van der Waals surface area contributed by atoms with Gasteiger partial charge in [0.25, 0.3) is 5.91 Å². The van der Waals surface area contributed by atoms with Crippen molar-refractivity contribution in [1.29, 1.82) is 0 Å². The van der Waals surface area contributed by atoms with Crippen molar-refractivity contribution >= 4 is 46.5 Å². The number of halogens is 4. The van der Waals surface area contributed by atoms with E-state index in [2.05, 4.69) is 10.4 Å². The van der Waals surface area contributed by atoms with Crippen LogP contribution in [0.4, 0.5) is 10.2 Å². The van der Waals surface area contributed by atoms with Crippen molar-refractivity contribution in [3.63, 3.8) is 0 Å². The van der Waals surface area contributed by atoms with Gasteiger partial charge in [0.1, 0.15) is 28.2 Å². The van der Waals surface area contributed by atoms with E-state index in [4.69, 9.17) is 39.5 Å². The number of rotatable bonds is 7. The fraction of sp³-hybridized carbons (Fsp3) is 0.0833. The van der Waals surface area contributed by atoms with E-state index in [1.165, 1.54) is 16.9 Å². The molecule has 0 aliphatic rings. The lowest BCUT2D eigenvalue weighted by Gasteiger charge is -2.10. The molecule has 1 heterocycles. The van der Waals surface area contributed by atoms with Crippen molar-refractivity contribution in [2.75, 3.05) is 5.32 Å². The van der Waals surface area contributed by atoms with Gasteiger partial charge in [0, 0.05) is 17.3 Å². The first-order valence-electron chi connectivity index (χ1n) is 9.84. The number of anilines is 1. The Bertz CT molecular complexity index is 1310. The van der Waals surface area contributed by atoms with Gasteiger partial charge in [0.2, 0.25) is 0 Å². The van der Waals surface area contributed by atoms with Gasteiger partial charge in [-0.15, -0.1) is 0 Å². The van der Waals surface area contributed by atoms with Crippen LogP contribution in [0, 0.1) is 5.82 Å². The summed E-state index contributed by atoms with van der Waals surface area (Å²) in [5.74, 6) is -0.0972. The first-order chi connectivity index (χ1) is 15.9. The molecule has 5 nitrogen and oxygen atoms in total. The lowest BCUT2D eigenvalue weighted by atomic mass is 10.1. The Hall–Kier alpha value is -3.06. The summed E-state index contributed by atoms with van der Waals surface area (Å²) in [6.45, 7) is 0.375. The maximum atomic E-state index is 13.9. The fourth-order valence-corrected chi connectivity index (χ4v) is 3.65.